The molecule has 0 heterocycles. The van der Waals surface area contributed by atoms with E-state index in [1.807, 2.05) is 26.8 Å². The van der Waals surface area contributed by atoms with E-state index >= 15 is 0 Å². The van der Waals surface area contributed by atoms with Crippen LogP contribution in [0.3, 0.4) is 0 Å². The molecule has 0 spiro atoms. The minimum atomic E-state index is -0.852. The Morgan fingerprint density at radius 1 is 0.933 bits per heavy atom. The zero-order chi connectivity index (χ0) is 22.9. The molecule has 2 N–H and O–H groups in total. The van der Waals surface area contributed by atoms with Gasteiger partial charge in [0, 0.05) is 12.2 Å². The van der Waals surface area contributed by atoms with Crippen molar-refractivity contribution in [2.45, 2.75) is 111 Å². The number of aromatic hydroxyl groups is 1. The van der Waals surface area contributed by atoms with Crippen molar-refractivity contribution < 1.29 is 19.7 Å². The van der Waals surface area contributed by atoms with Crippen molar-refractivity contribution in [3.8, 4) is 5.75 Å². The summed E-state index contributed by atoms with van der Waals surface area (Å²) < 4.78 is 5.88. The highest BCUT2D eigenvalue weighted by Gasteiger charge is 2.30. The van der Waals surface area contributed by atoms with Crippen LogP contribution in [0.25, 0.3) is 0 Å². The Kier molecular flexibility index (Phi) is 10.4. The molecule has 0 aromatic heterocycles. The molecule has 30 heavy (non-hydrogen) atoms. The van der Waals surface area contributed by atoms with Gasteiger partial charge in [-0.25, -0.2) is 0 Å². The van der Waals surface area contributed by atoms with E-state index in [0.29, 0.717) is 18.8 Å². The highest BCUT2D eigenvalue weighted by atomic mass is 16.5. The largest absolute Gasteiger partial charge is 0.507 e. The topological polar surface area (TPSA) is 66.8 Å². The number of carboxylic acid groups (broad SMARTS) is 1. The van der Waals surface area contributed by atoms with Crippen molar-refractivity contribution in [3.05, 3.63) is 28.3 Å². The molecule has 1 aromatic carbocycles. The first-order valence-corrected chi connectivity index (χ1v) is 11.6. The maximum Gasteiger partial charge on any atom is 0.307 e. The standard InChI is InChI=1S/C26H44O4/c1-8-9-10-11-12-13-15-30-16-14-20-19(18-22(27)28)17-21(25(2,3)4)24(29)23(20)26(5,6)7/h17,29H,8-16,18H2,1-7H3,(H,27,28). The van der Waals surface area contributed by atoms with Gasteiger partial charge in [-0.2, -0.15) is 0 Å². The lowest BCUT2D eigenvalue weighted by atomic mass is 9.74. The molecule has 0 unspecified atom stereocenters. The van der Waals surface area contributed by atoms with Crippen LogP contribution in [0.15, 0.2) is 6.07 Å². The van der Waals surface area contributed by atoms with Crippen LogP contribution >= 0.6 is 0 Å². The van der Waals surface area contributed by atoms with E-state index in [1.165, 1.54) is 32.1 Å². The molecule has 0 saturated carbocycles. The normalized spacial score (nSPS) is 12.4. The average molecular weight is 421 g/mol. The van der Waals surface area contributed by atoms with Crippen molar-refractivity contribution in [1.29, 1.82) is 0 Å². The van der Waals surface area contributed by atoms with Crippen LogP contribution in [-0.2, 0) is 33.2 Å². The molecule has 0 aliphatic rings. The molecule has 4 heteroatoms. The number of rotatable bonds is 12. The molecule has 0 aliphatic carbocycles. The van der Waals surface area contributed by atoms with Crippen LogP contribution in [0, 0.1) is 0 Å². The molecule has 0 radical (unpaired) electrons. The van der Waals surface area contributed by atoms with Gasteiger partial charge in [-0.05, 0) is 40.4 Å². The number of hydrogen-bond donors (Lipinski definition) is 2. The molecule has 172 valence electrons. The first-order chi connectivity index (χ1) is 13.9. The number of hydrogen-bond acceptors (Lipinski definition) is 3. The summed E-state index contributed by atoms with van der Waals surface area (Å²) in [6.07, 6.45) is 7.94. The Morgan fingerprint density at radius 3 is 2.07 bits per heavy atom. The molecule has 0 aliphatic heterocycles. The number of carboxylic acids is 1. The maximum atomic E-state index is 11.6. The third-order valence-electron chi connectivity index (χ3n) is 5.54. The van der Waals surface area contributed by atoms with Gasteiger partial charge in [-0.15, -0.1) is 0 Å². The van der Waals surface area contributed by atoms with Gasteiger partial charge in [-0.3, -0.25) is 4.79 Å². The van der Waals surface area contributed by atoms with Gasteiger partial charge in [0.05, 0.1) is 13.0 Å². The summed E-state index contributed by atoms with van der Waals surface area (Å²) in [6, 6.07) is 1.89. The van der Waals surface area contributed by atoms with Crippen molar-refractivity contribution >= 4 is 5.97 Å². The van der Waals surface area contributed by atoms with Gasteiger partial charge < -0.3 is 14.9 Å². The molecule has 4 nitrogen and oxygen atoms in total. The smallest absolute Gasteiger partial charge is 0.307 e. The van der Waals surface area contributed by atoms with Crippen LogP contribution in [0.4, 0.5) is 0 Å². The molecule has 0 saturated heterocycles. The van der Waals surface area contributed by atoms with Gasteiger partial charge in [0.25, 0.3) is 0 Å². The quantitative estimate of drug-likeness (QED) is 0.377. The van der Waals surface area contributed by atoms with Gasteiger partial charge in [0.15, 0.2) is 0 Å². The van der Waals surface area contributed by atoms with E-state index in [1.54, 1.807) is 0 Å². The Bertz CT molecular complexity index is 678. The van der Waals surface area contributed by atoms with Crippen LogP contribution in [0.2, 0.25) is 0 Å². The van der Waals surface area contributed by atoms with E-state index in [9.17, 15) is 15.0 Å². The number of aliphatic carboxylic acids is 1. The van der Waals surface area contributed by atoms with E-state index in [-0.39, 0.29) is 17.3 Å². The van der Waals surface area contributed by atoms with Crippen molar-refractivity contribution in [2.75, 3.05) is 13.2 Å². The van der Waals surface area contributed by atoms with E-state index < -0.39 is 5.97 Å². The number of unbranched alkanes of at least 4 members (excludes halogenated alkanes) is 5. The summed E-state index contributed by atoms with van der Waals surface area (Å²) in [4.78, 5) is 11.6. The lowest BCUT2D eigenvalue weighted by Gasteiger charge is -2.31. The fourth-order valence-corrected chi connectivity index (χ4v) is 4.01. The predicted octanol–water partition coefficient (Wildman–Crippen LogP) is 6.53. The second-order valence-electron chi connectivity index (χ2n) is 10.5. The van der Waals surface area contributed by atoms with Crippen LogP contribution in [-0.4, -0.2) is 29.4 Å². The zero-order valence-corrected chi connectivity index (χ0v) is 20.4. The number of ether oxygens (including phenoxy) is 1. The molecule has 0 bridgehead atoms. The molecular formula is C26H44O4. The fraction of sp³-hybridized carbons (Fsp3) is 0.731. The van der Waals surface area contributed by atoms with Crippen LogP contribution < -0.4 is 0 Å². The summed E-state index contributed by atoms with van der Waals surface area (Å²) in [6.45, 7) is 15.8. The summed E-state index contributed by atoms with van der Waals surface area (Å²) in [5, 5.41) is 20.6. The van der Waals surface area contributed by atoms with E-state index in [0.717, 1.165) is 35.3 Å². The van der Waals surface area contributed by atoms with Crippen LogP contribution in [0.5, 0.6) is 5.75 Å². The van der Waals surface area contributed by atoms with Gasteiger partial charge in [0.1, 0.15) is 5.75 Å². The zero-order valence-electron chi connectivity index (χ0n) is 20.4. The molecule has 0 atom stereocenters. The second kappa shape index (κ2) is 11.7. The monoisotopic (exact) mass is 420 g/mol. The van der Waals surface area contributed by atoms with Gasteiger partial charge >= 0.3 is 5.97 Å². The van der Waals surface area contributed by atoms with Crippen molar-refractivity contribution in [1.82, 2.24) is 0 Å². The van der Waals surface area contributed by atoms with Crippen molar-refractivity contribution in [2.24, 2.45) is 0 Å². The second-order valence-corrected chi connectivity index (χ2v) is 10.5. The van der Waals surface area contributed by atoms with Gasteiger partial charge in [0.2, 0.25) is 0 Å². The van der Waals surface area contributed by atoms with E-state index in [4.69, 9.17) is 4.74 Å². The third kappa shape index (κ3) is 8.29. The predicted molar refractivity (Wildman–Crippen MR) is 125 cm³/mol. The number of benzene rings is 1. The first-order valence-electron chi connectivity index (χ1n) is 11.6. The summed E-state index contributed by atoms with van der Waals surface area (Å²) in [5.41, 5.74) is 2.81. The Hall–Kier alpha value is -1.55. The third-order valence-corrected chi connectivity index (χ3v) is 5.54. The number of phenolic OH excluding ortho intramolecular Hbond substituents is 1. The lowest BCUT2D eigenvalue weighted by Crippen LogP contribution is -2.22. The molecule has 1 aromatic rings. The molecule has 0 fully saturated rings. The maximum absolute atomic E-state index is 11.6. The summed E-state index contributed by atoms with van der Waals surface area (Å²) in [7, 11) is 0. The van der Waals surface area contributed by atoms with E-state index in [2.05, 4.69) is 27.7 Å². The lowest BCUT2D eigenvalue weighted by molar-refractivity contribution is -0.136. The highest BCUT2D eigenvalue weighted by Crippen LogP contribution is 2.43. The van der Waals surface area contributed by atoms with Crippen LogP contribution in [0.1, 0.15) is 109 Å². The Morgan fingerprint density at radius 2 is 1.53 bits per heavy atom. The van der Waals surface area contributed by atoms with Gasteiger partial charge in [-0.1, -0.05) is 86.6 Å². The summed E-state index contributed by atoms with van der Waals surface area (Å²) >= 11 is 0. The first kappa shape index (κ1) is 26.5. The van der Waals surface area contributed by atoms with Crippen molar-refractivity contribution in [3.63, 3.8) is 0 Å². The fourth-order valence-electron chi connectivity index (χ4n) is 4.01. The Balaban J connectivity index is 3.02. The summed E-state index contributed by atoms with van der Waals surface area (Å²) in [5.74, 6) is -0.551. The Labute approximate surface area is 184 Å². The highest BCUT2D eigenvalue weighted by molar-refractivity contribution is 5.72. The molecule has 0 amide bonds. The number of carbonyl (C=O) groups is 1. The number of phenols is 1. The SMILES string of the molecule is CCCCCCCCOCCc1c(CC(=O)O)cc(C(C)(C)C)c(O)c1C(C)(C)C. The molecule has 1 rings (SSSR count). The average Bonchev–Trinajstić information content (AvgIpc) is 2.59. The minimum Gasteiger partial charge on any atom is -0.507 e. The minimum absolute atomic E-state index is 0.0425. The molecular weight excluding hydrogens is 376 g/mol.